The molecule has 0 aromatic heterocycles. The number of aliphatic hydroxyl groups is 1. The average molecular weight is 1230 g/mol. The average Bonchev–Trinajstić information content (AvgIpc) is 3.55. The Hall–Kier alpha value is -4.22. The molecule has 5 nitrogen and oxygen atoms in total. The fraction of sp³-hybridized carbons (Fsp3) is 0.690. The van der Waals surface area contributed by atoms with Gasteiger partial charge in [0.25, 0.3) is 0 Å². The highest BCUT2D eigenvalue weighted by atomic mass is 16.6. The molecule has 0 aromatic rings. The molecule has 0 aliphatic rings. The van der Waals surface area contributed by atoms with Crippen molar-refractivity contribution in [2.24, 2.45) is 0 Å². The Morgan fingerprint density at radius 1 is 0.270 bits per heavy atom. The molecule has 0 rings (SSSR count). The number of ether oxygens (including phenoxy) is 2. The van der Waals surface area contributed by atoms with Crippen molar-refractivity contribution in [1.29, 1.82) is 0 Å². The Balaban J connectivity index is 3.55. The SMILES string of the molecule is CC/C=C\C/C=C\C/C=C\C/C=C\C/C=C\C/C=C\C/C=C\C/C=C\C/C=C\C/C=C\C/C=C\C/C=C\CCCCCCC(=O)OC(CO)COC(=O)CCCCCCCCCCCCCCCCCCCCCCCCCCCCCCCCCCCC. The summed E-state index contributed by atoms with van der Waals surface area (Å²) in [6, 6.07) is 0. The number of carbonyl (C=O) groups is 2. The van der Waals surface area contributed by atoms with E-state index in [9.17, 15) is 14.7 Å². The smallest absolute Gasteiger partial charge is 0.306 e. The van der Waals surface area contributed by atoms with Crippen LogP contribution in [0.3, 0.4) is 0 Å². The normalized spacial score (nSPS) is 13.1. The maximum Gasteiger partial charge on any atom is 0.306 e. The lowest BCUT2D eigenvalue weighted by Gasteiger charge is -2.15. The van der Waals surface area contributed by atoms with Crippen molar-refractivity contribution >= 4 is 11.9 Å². The van der Waals surface area contributed by atoms with Crippen molar-refractivity contribution in [2.75, 3.05) is 13.2 Å². The van der Waals surface area contributed by atoms with Gasteiger partial charge in [0.1, 0.15) is 6.61 Å². The fourth-order valence-electron chi connectivity index (χ4n) is 10.8. The van der Waals surface area contributed by atoms with Gasteiger partial charge in [-0.1, -0.05) is 384 Å². The van der Waals surface area contributed by atoms with Gasteiger partial charge in [-0.25, -0.2) is 0 Å². The predicted molar refractivity (Wildman–Crippen MR) is 394 cm³/mol. The monoisotopic (exact) mass is 1230 g/mol. The molecule has 0 saturated heterocycles. The molecule has 0 heterocycles. The van der Waals surface area contributed by atoms with Crippen molar-refractivity contribution in [3.63, 3.8) is 0 Å². The number of allylic oxidation sites excluding steroid dienone is 24. The first-order valence-corrected chi connectivity index (χ1v) is 37.9. The molecule has 1 atom stereocenters. The maximum atomic E-state index is 12.4. The van der Waals surface area contributed by atoms with E-state index in [1.165, 1.54) is 199 Å². The van der Waals surface area contributed by atoms with Crippen molar-refractivity contribution in [2.45, 2.75) is 360 Å². The lowest BCUT2D eigenvalue weighted by atomic mass is 10.0. The zero-order valence-electron chi connectivity index (χ0n) is 58.4. The van der Waals surface area contributed by atoms with Crippen molar-refractivity contribution in [3.05, 3.63) is 146 Å². The van der Waals surface area contributed by atoms with E-state index < -0.39 is 6.10 Å². The second-order valence-corrected chi connectivity index (χ2v) is 25.0. The van der Waals surface area contributed by atoms with E-state index in [2.05, 4.69) is 160 Å². The molecule has 0 aromatic carbocycles. The van der Waals surface area contributed by atoms with Crippen molar-refractivity contribution < 1.29 is 24.2 Å². The van der Waals surface area contributed by atoms with Crippen LogP contribution in [0.4, 0.5) is 0 Å². The van der Waals surface area contributed by atoms with Crippen LogP contribution < -0.4 is 0 Å². The maximum absolute atomic E-state index is 12.4. The number of rotatable bonds is 69. The molecule has 1 N–H and O–H groups in total. The third-order valence-corrected chi connectivity index (χ3v) is 16.4. The zero-order chi connectivity index (χ0) is 64.0. The minimum Gasteiger partial charge on any atom is -0.462 e. The summed E-state index contributed by atoms with van der Waals surface area (Å²) in [4.78, 5) is 24.7. The van der Waals surface area contributed by atoms with Gasteiger partial charge in [0.05, 0.1) is 6.61 Å². The zero-order valence-corrected chi connectivity index (χ0v) is 58.4. The summed E-state index contributed by atoms with van der Waals surface area (Å²) >= 11 is 0. The Labute approximate surface area is 552 Å². The third-order valence-electron chi connectivity index (χ3n) is 16.4. The summed E-state index contributed by atoms with van der Waals surface area (Å²) in [5.74, 6) is -0.615. The minimum atomic E-state index is -0.796. The molecule has 508 valence electrons. The molecule has 0 saturated carbocycles. The number of hydrogen-bond donors (Lipinski definition) is 1. The summed E-state index contributed by atoms with van der Waals surface area (Å²) < 4.78 is 10.7. The van der Waals surface area contributed by atoms with Crippen LogP contribution in [0.25, 0.3) is 0 Å². The van der Waals surface area contributed by atoms with E-state index in [1.807, 2.05) is 0 Å². The highest BCUT2D eigenvalue weighted by Gasteiger charge is 2.16. The summed E-state index contributed by atoms with van der Waals surface area (Å²) in [6.45, 7) is 4.04. The Bertz CT molecular complexity index is 1830. The Morgan fingerprint density at radius 3 is 0.730 bits per heavy atom. The first-order valence-electron chi connectivity index (χ1n) is 37.9. The van der Waals surface area contributed by atoms with Gasteiger partial charge in [0, 0.05) is 12.8 Å². The van der Waals surface area contributed by atoms with Crippen molar-refractivity contribution in [3.8, 4) is 0 Å². The number of esters is 2. The van der Waals surface area contributed by atoms with Crippen LogP contribution in [0.15, 0.2) is 146 Å². The molecule has 5 heteroatoms. The van der Waals surface area contributed by atoms with Crippen LogP contribution >= 0.6 is 0 Å². The van der Waals surface area contributed by atoms with E-state index in [0.717, 1.165) is 128 Å². The van der Waals surface area contributed by atoms with Crippen LogP contribution in [-0.4, -0.2) is 36.4 Å². The molecule has 0 radical (unpaired) electrons. The number of unbranched alkanes of at least 4 members (excludes halogenated alkanes) is 37. The van der Waals surface area contributed by atoms with Gasteiger partial charge in [-0.2, -0.15) is 0 Å². The van der Waals surface area contributed by atoms with Crippen LogP contribution in [0, 0.1) is 0 Å². The van der Waals surface area contributed by atoms with E-state index in [4.69, 9.17) is 9.47 Å². The highest BCUT2D eigenvalue weighted by Crippen LogP contribution is 2.18. The predicted octanol–water partition coefficient (Wildman–Crippen LogP) is 26.8. The molecule has 0 spiro atoms. The molecule has 0 fully saturated rings. The van der Waals surface area contributed by atoms with E-state index in [0.29, 0.717) is 12.8 Å². The van der Waals surface area contributed by atoms with Gasteiger partial charge < -0.3 is 14.6 Å². The van der Waals surface area contributed by atoms with Crippen LogP contribution in [0.1, 0.15) is 354 Å². The van der Waals surface area contributed by atoms with Gasteiger partial charge in [0.2, 0.25) is 0 Å². The quantitative estimate of drug-likeness (QED) is 0.0373. The van der Waals surface area contributed by atoms with E-state index in [-0.39, 0.29) is 25.2 Å². The van der Waals surface area contributed by atoms with E-state index >= 15 is 0 Å². The molecule has 0 bridgehead atoms. The second-order valence-electron chi connectivity index (χ2n) is 25.0. The molecule has 1 unspecified atom stereocenters. The standard InChI is InChI=1S/C84H142O5/c1-3-5-7-9-11-13-15-17-19-21-23-25-27-29-31-33-35-37-39-40-41-42-43-44-45-47-49-51-53-55-57-59-61-63-65-67-69-71-73-75-77-79-84(87)89-82(80-85)81-88-83(86)78-76-74-72-70-68-66-64-62-60-58-56-54-52-50-48-46-38-36-34-32-30-28-26-24-22-20-18-16-14-12-10-8-6-4-2/h5,7,11,13,17,19,23,25,29,31,35,37,40-41,43-44,47,49,53,55,59,61,65,67,82,85H,3-4,6,8-10,12,14-16,18,20-22,24,26-28,30,32-34,36,38-39,42,45-46,48,50-52,54,56-58,60,62-64,66,68-81H2,1-2H3/b7-5-,13-11-,19-17-,25-23-,31-29-,37-35-,41-40-,44-43-,49-47-,55-53-,61-59-,67-65-. The molecular weight excluding hydrogens is 1090 g/mol. The highest BCUT2D eigenvalue weighted by molar-refractivity contribution is 5.70. The molecule has 0 aliphatic carbocycles. The van der Waals surface area contributed by atoms with E-state index in [1.54, 1.807) is 0 Å². The van der Waals surface area contributed by atoms with Crippen LogP contribution in [0.5, 0.6) is 0 Å². The third kappa shape index (κ3) is 76.1. The number of hydrogen-bond acceptors (Lipinski definition) is 5. The number of aliphatic hydroxyl groups excluding tert-OH is 1. The molecule has 0 amide bonds. The van der Waals surface area contributed by atoms with Gasteiger partial charge in [0.15, 0.2) is 6.10 Å². The lowest BCUT2D eigenvalue weighted by molar-refractivity contribution is -0.161. The van der Waals surface area contributed by atoms with Crippen LogP contribution in [0.2, 0.25) is 0 Å². The van der Waals surface area contributed by atoms with Gasteiger partial charge in [-0.15, -0.1) is 0 Å². The van der Waals surface area contributed by atoms with Gasteiger partial charge in [-0.05, 0) is 103 Å². The lowest BCUT2D eigenvalue weighted by Crippen LogP contribution is -2.28. The van der Waals surface area contributed by atoms with Crippen molar-refractivity contribution in [1.82, 2.24) is 0 Å². The molecule has 0 aliphatic heterocycles. The van der Waals surface area contributed by atoms with Gasteiger partial charge in [-0.3, -0.25) is 9.59 Å². The number of carbonyl (C=O) groups excluding carboxylic acids is 2. The fourth-order valence-corrected chi connectivity index (χ4v) is 10.8. The molecular formula is C84H142O5. The molecule has 89 heavy (non-hydrogen) atoms. The minimum absolute atomic E-state index is 0.0810. The topological polar surface area (TPSA) is 72.8 Å². The summed E-state index contributed by atoms with van der Waals surface area (Å²) in [6.07, 6.45) is 118. The largest absolute Gasteiger partial charge is 0.462 e. The Kier molecular flexibility index (Phi) is 74.3. The summed E-state index contributed by atoms with van der Waals surface area (Å²) in [5.41, 5.74) is 0. The summed E-state index contributed by atoms with van der Waals surface area (Å²) in [7, 11) is 0. The Morgan fingerprint density at radius 2 is 0.483 bits per heavy atom. The first kappa shape index (κ1) is 84.8. The summed E-state index contributed by atoms with van der Waals surface area (Å²) in [5, 5.41) is 9.71. The second kappa shape index (κ2) is 78.0. The first-order chi connectivity index (χ1) is 44.1. The van der Waals surface area contributed by atoms with Gasteiger partial charge >= 0.3 is 11.9 Å². The van der Waals surface area contributed by atoms with Crippen LogP contribution in [-0.2, 0) is 19.1 Å².